The maximum Gasteiger partial charge on any atom is 0.287 e. The minimum absolute atomic E-state index is 0.0441. The summed E-state index contributed by atoms with van der Waals surface area (Å²) in [5.41, 5.74) is 0.948. The first-order valence-electron chi connectivity index (χ1n) is 8.71. The third-order valence-electron chi connectivity index (χ3n) is 4.49. The van der Waals surface area contributed by atoms with E-state index in [1.807, 2.05) is 43.3 Å². The number of hydrogen-bond acceptors (Lipinski definition) is 5. The second-order valence-electron chi connectivity index (χ2n) is 6.55. The zero-order valence-corrected chi connectivity index (χ0v) is 16.6. The Hall–Kier alpha value is -2.83. The maximum absolute atomic E-state index is 12.6. The van der Waals surface area contributed by atoms with Crippen LogP contribution in [-0.4, -0.2) is 38.6 Å². The molecule has 2 aromatic carbocycles. The van der Waals surface area contributed by atoms with Gasteiger partial charge in [0, 0.05) is 23.2 Å². The van der Waals surface area contributed by atoms with Gasteiger partial charge in [-0.15, -0.1) is 0 Å². The lowest BCUT2D eigenvalue weighted by Crippen LogP contribution is -2.35. The molecule has 7 heteroatoms. The van der Waals surface area contributed by atoms with Gasteiger partial charge in [-0.2, -0.15) is 0 Å². The number of methoxy groups -OCH3 is 1. The summed E-state index contributed by atoms with van der Waals surface area (Å²) < 4.78 is 11.0. The van der Waals surface area contributed by atoms with Crippen LogP contribution in [0.25, 0.3) is 11.0 Å². The Bertz CT molecular complexity index is 1060. The molecule has 1 N–H and O–H groups in total. The Labute approximate surface area is 167 Å². The van der Waals surface area contributed by atoms with Gasteiger partial charge in [0.25, 0.3) is 5.91 Å². The third-order valence-corrected chi connectivity index (χ3v) is 4.73. The second-order valence-corrected chi connectivity index (χ2v) is 6.98. The molecular formula is C21H21ClN2O4. The van der Waals surface area contributed by atoms with Crippen LogP contribution in [0.3, 0.4) is 0 Å². The van der Waals surface area contributed by atoms with Gasteiger partial charge in [-0.3, -0.25) is 9.59 Å². The number of carbonyl (C=O) groups excluding carboxylic acids is 1. The van der Waals surface area contributed by atoms with E-state index < -0.39 is 5.91 Å². The van der Waals surface area contributed by atoms with Crippen LogP contribution >= 0.6 is 11.6 Å². The predicted molar refractivity (Wildman–Crippen MR) is 109 cm³/mol. The molecule has 6 nitrogen and oxygen atoms in total. The molecule has 1 aromatic heterocycles. The van der Waals surface area contributed by atoms with Gasteiger partial charge in [0.15, 0.2) is 11.2 Å². The van der Waals surface area contributed by atoms with Crippen molar-refractivity contribution in [3.63, 3.8) is 0 Å². The molecule has 3 aromatic rings. The van der Waals surface area contributed by atoms with Crippen LogP contribution in [0.5, 0.6) is 5.75 Å². The molecule has 0 fully saturated rings. The standard InChI is InChI=1S/C21H21ClN2O4/c1-24(2)16(14-6-4-5-7-18(14)27-3)12-23-21(26)20-11-17(25)15-10-13(22)8-9-19(15)28-20/h4-11,16H,12H2,1-3H3,(H,23,26). The number of nitrogens with zero attached hydrogens (tertiary/aromatic N) is 1. The number of benzene rings is 2. The molecule has 146 valence electrons. The van der Waals surface area contributed by atoms with Crippen LogP contribution < -0.4 is 15.5 Å². The average Bonchev–Trinajstić information content (AvgIpc) is 2.68. The number of fused-ring (bicyclic) bond motifs is 1. The van der Waals surface area contributed by atoms with Gasteiger partial charge in [0.2, 0.25) is 0 Å². The van der Waals surface area contributed by atoms with E-state index >= 15 is 0 Å². The highest BCUT2D eigenvalue weighted by molar-refractivity contribution is 6.31. The van der Waals surface area contributed by atoms with E-state index in [-0.39, 0.29) is 17.2 Å². The van der Waals surface area contributed by atoms with Crippen LogP contribution in [0.2, 0.25) is 5.02 Å². The molecule has 1 amide bonds. The number of likely N-dealkylation sites (N-methyl/N-ethyl adjacent to an activating group) is 1. The lowest BCUT2D eigenvalue weighted by Gasteiger charge is -2.26. The lowest BCUT2D eigenvalue weighted by molar-refractivity contribution is 0.0914. The topological polar surface area (TPSA) is 71.8 Å². The predicted octanol–water partition coefficient (Wildman–Crippen LogP) is 3.49. The average molecular weight is 401 g/mol. The zero-order valence-electron chi connectivity index (χ0n) is 15.9. The fraction of sp³-hybridized carbons (Fsp3) is 0.238. The van der Waals surface area contributed by atoms with Crippen molar-refractivity contribution in [1.82, 2.24) is 10.2 Å². The van der Waals surface area contributed by atoms with Crippen LogP contribution in [-0.2, 0) is 0 Å². The summed E-state index contributed by atoms with van der Waals surface area (Å²) >= 11 is 5.92. The molecule has 1 atom stereocenters. The Morgan fingerprint density at radius 3 is 2.68 bits per heavy atom. The van der Waals surface area contributed by atoms with Crippen LogP contribution in [0, 0.1) is 0 Å². The first-order valence-corrected chi connectivity index (χ1v) is 9.09. The van der Waals surface area contributed by atoms with E-state index in [0.717, 1.165) is 11.3 Å². The minimum atomic E-state index is -0.462. The largest absolute Gasteiger partial charge is 0.496 e. The molecule has 1 unspecified atom stereocenters. The Kier molecular flexibility index (Phi) is 6.02. The van der Waals surface area contributed by atoms with Crippen molar-refractivity contribution in [2.75, 3.05) is 27.7 Å². The molecule has 3 rings (SSSR count). The van der Waals surface area contributed by atoms with Gasteiger partial charge in [-0.25, -0.2) is 0 Å². The summed E-state index contributed by atoms with van der Waals surface area (Å²) in [4.78, 5) is 26.9. The maximum atomic E-state index is 12.6. The molecule has 0 saturated carbocycles. The zero-order chi connectivity index (χ0) is 20.3. The van der Waals surface area contributed by atoms with Gasteiger partial charge in [-0.05, 0) is 38.4 Å². The SMILES string of the molecule is COc1ccccc1C(CNC(=O)c1cc(=O)c2cc(Cl)ccc2o1)N(C)C. The summed E-state index contributed by atoms with van der Waals surface area (Å²) in [6.45, 7) is 0.314. The van der Waals surface area contributed by atoms with E-state index in [0.29, 0.717) is 22.5 Å². The number of nitrogens with one attached hydrogen (secondary N) is 1. The van der Waals surface area contributed by atoms with Crippen molar-refractivity contribution in [1.29, 1.82) is 0 Å². The van der Waals surface area contributed by atoms with Crippen molar-refractivity contribution < 1.29 is 13.9 Å². The summed E-state index contributed by atoms with van der Waals surface area (Å²) in [7, 11) is 5.45. The van der Waals surface area contributed by atoms with E-state index in [4.69, 9.17) is 20.8 Å². The second kappa shape index (κ2) is 8.46. The summed E-state index contributed by atoms with van der Waals surface area (Å²) in [5.74, 6) is 0.234. The molecular weight excluding hydrogens is 380 g/mol. The molecule has 0 radical (unpaired) electrons. The summed E-state index contributed by atoms with van der Waals surface area (Å²) in [6.07, 6.45) is 0. The van der Waals surface area contributed by atoms with Gasteiger partial charge in [-0.1, -0.05) is 29.8 Å². The number of para-hydroxylation sites is 1. The lowest BCUT2D eigenvalue weighted by atomic mass is 10.0. The number of halogens is 1. The molecule has 0 aliphatic carbocycles. The number of amides is 1. The Balaban J connectivity index is 1.83. The monoisotopic (exact) mass is 400 g/mol. The number of ether oxygens (including phenoxy) is 1. The number of hydrogen-bond donors (Lipinski definition) is 1. The van der Waals surface area contributed by atoms with Crippen molar-refractivity contribution >= 4 is 28.5 Å². The van der Waals surface area contributed by atoms with Crippen LogP contribution in [0.15, 0.2) is 57.7 Å². The molecule has 0 spiro atoms. The van der Waals surface area contributed by atoms with Gasteiger partial charge in [0.1, 0.15) is 11.3 Å². The number of rotatable bonds is 6. The highest BCUT2D eigenvalue weighted by Gasteiger charge is 2.20. The molecule has 1 heterocycles. The van der Waals surface area contributed by atoms with Gasteiger partial charge in [0.05, 0.1) is 18.5 Å². The van der Waals surface area contributed by atoms with Crippen molar-refractivity contribution in [2.24, 2.45) is 0 Å². The molecule has 0 aliphatic heterocycles. The van der Waals surface area contributed by atoms with E-state index in [2.05, 4.69) is 5.32 Å². The highest BCUT2D eigenvalue weighted by atomic mass is 35.5. The molecule has 0 saturated heterocycles. The van der Waals surface area contributed by atoms with Crippen molar-refractivity contribution in [3.8, 4) is 5.75 Å². The highest BCUT2D eigenvalue weighted by Crippen LogP contribution is 2.27. The first-order chi connectivity index (χ1) is 13.4. The first kappa shape index (κ1) is 19.9. The van der Waals surface area contributed by atoms with Crippen molar-refractivity contribution in [2.45, 2.75) is 6.04 Å². The molecule has 28 heavy (non-hydrogen) atoms. The number of carbonyl (C=O) groups is 1. The Morgan fingerprint density at radius 2 is 1.96 bits per heavy atom. The van der Waals surface area contributed by atoms with Crippen molar-refractivity contribution in [3.05, 3.63) is 75.1 Å². The fourth-order valence-corrected chi connectivity index (χ4v) is 3.20. The third kappa shape index (κ3) is 4.18. The molecule has 0 aliphatic rings. The Morgan fingerprint density at radius 1 is 1.21 bits per heavy atom. The smallest absolute Gasteiger partial charge is 0.287 e. The van der Waals surface area contributed by atoms with Gasteiger partial charge < -0.3 is 19.4 Å². The summed E-state index contributed by atoms with van der Waals surface area (Å²) in [5, 5.41) is 3.61. The van der Waals surface area contributed by atoms with Gasteiger partial charge >= 0.3 is 0 Å². The molecule has 0 bridgehead atoms. The fourth-order valence-electron chi connectivity index (χ4n) is 3.03. The van der Waals surface area contributed by atoms with Crippen LogP contribution in [0.1, 0.15) is 22.2 Å². The quantitative estimate of drug-likeness (QED) is 0.685. The van der Waals surface area contributed by atoms with E-state index in [1.165, 1.54) is 12.1 Å². The van der Waals surface area contributed by atoms with Crippen LogP contribution in [0.4, 0.5) is 0 Å². The van der Waals surface area contributed by atoms with E-state index in [9.17, 15) is 9.59 Å². The normalized spacial score (nSPS) is 12.2. The summed E-state index contributed by atoms with van der Waals surface area (Å²) in [6, 6.07) is 13.4. The minimum Gasteiger partial charge on any atom is -0.496 e. The van der Waals surface area contributed by atoms with E-state index in [1.54, 1.807) is 19.2 Å².